The highest BCUT2D eigenvalue weighted by Gasteiger charge is 2.54. The highest BCUT2D eigenvalue weighted by Crippen LogP contribution is 2.53. The first-order valence-electron chi connectivity index (χ1n) is 10.8. The van der Waals surface area contributed by atoms with E-state index in [1.165, 1.54) is 16.3 Å². The summed E-state index contributed by atoms with van der Waals surface area (Å²) in [5.74, 6) is -0.952. The van der Waals surface area contributed by atoms with E-state index in [4.69, 9.17) is 0 Å². The maximum atomic E-state index is 13.2. The summed E-state index contributed by atoms with van der Waals surface area (Å²) in [6.07, 6.45) is 2.92. The van der Waals surface area contributed by atoms with E-state index in [0.717, 1.165) is 38.9 Å². The highest BCUT2D eigenvalue weighted by atomic mass is 16.4. The van der Waals surface area contributed by atoms with Crippen LogP contribution in [0.15, 0.2) is 42.5 Å². The summed E-state index contributed by atoms with van der Waals surface area (Å²) in [7, 11) is 0. The van der Waals surface area contributed by atoms with Crippen LogP contribution in [0.25, 0.3) is 10.8 Å². The molecule has 0 spiro atoms. The molecule has 1 heterocycles. The van der Waals surface area contributed by atoms with Crippen LogP contribution in [0.5, 0.6) is 0 Å². The SMILES string of the molecule is O=C(O)[C@H]1[C@@H]2CC[C@@H](C2)[C@@H]1C(=O)N1CCN(Cc2cccc3ccccc23)CC1. The van der Waals surface area contributed by atoms with E-state index in [0.29, 0.717) is 13.1 Å². The van der Waals surface area contributed by atoms with Crippen LogP contribution < -0.4 is 0 Å². The van der Waals surface area contributed by atoms with Crippen molar-refractivity contribution in [3.05, 3.63) is 48.0 Å². The van der Waals surface area contributed by atoms with E-state index in [1.54, 1.807) is 0 Å². The number of hydrogen-bond acceptors (Lipinski definition) is 3. The summed E-state index contributed by atoms with van der Waals surface area (Å²) >= 11 is 0. The van der Waals surface area contributed by atoms with E-state index < -0.39 is 11.9 Å². The Morgan fingerprint density at radius 2 is 1.59 bits per heavy atom. The normalized spacial score (nSPS) is 29.4. The number of carbonyl (C=O) groups is 2. The fourth-order valence-electron chi connectivity index (χ4n) is 6.01. The summed E-state index contributed by atoms with van der Waals surface area (Å²) in [4.78, 5) is 29.3. The fraction of sp³-hybridized carbons (Fsp3) is 0.500. The Hall–Kier alpha value is -2.40. The quantitative estimate of drug-likeness (QED) is 0.868. The lowest BCUT2D eigenvalue weighted by molar-refractivity contribution is -0.153. The second kappa shape index (κ2) is 7.45. The standard InChI is InChI=1S/C24H28N2O3/c27-23(21-17-8-9-18(14-17)22(21)24(28)29)26-12-10-25(11-13-26)15-19-6-3-5-16-4-1-2-7-20(16)19/h1-7,17-18,21-22H,8-15H2,(H,28,29)/t17-,18+,21-,22-/m0/s1. The van der Waals surface area contributed by atoms with Crippen LogP contribution >= 0.6 is 0 Å². The van der Waals surface area contributed by atoms with E-state index in [1.807, 2.05) is 4.90 Å². The number of aliphatic carboxylic acids is 1. The van der Waals surface area contributed by atoms with Crippen molar-refractivity contribution in [2.24, 2.45) is 23.7 Å². The van der Waals surface area contributed by atoms with Gasteiger partial charge in [0, 0.05) is 32.7 Å². The van der Waals surface area contributed by atoms with E-state index in [2.05, 4.69) is 47.4 Å². The second-order valence-corrected chi connectivity index (χ2v) is 8.96. The smallest absolute Gasteiger partial charge is 0.307 e. The largest absolute Gasteiger partial charge is 0.481 e. The molecule has 5 rings (SSSR count). The Bertz CT molecular complexity index is 929. The molecule has 0 radical (unpaired) electrons. The maximum Gasteiger partial charge on any atom is 0.307 e. The van der Waals surface area contributed by atoms with E-state index in [9.17, 15) is 14.7 Å². The van der Waals surface area contributed by atoms with Crippen molar-refractivity contribution in [2.45, 2.75) is 25.8 Å². The molecule has 29 heavy (non-hydrogen) atoms. The predicted molar refractivity (Wildman–Crippen MR) is 111 cm³/mol. The van der Waals surface area contributed by atoms with E-state index >= 15 is 0 Å². The van der Waals surface area contributed by atoms with Gasteiger partial charge in [-0.2, -0.15) is 0 Å². The van der Waals surface area contributed by atoms with Crippen LogP contribution in [0.4, 0.5) is 0 Å². The van der Waals surface area contributed by atoms with Gasteiger partial charge in [-0.05, 0) is 47.4 Å². The Morgan fingerprint density at radius 1 is 0.897 bits per heavy atom. The van der Waals surface area contributed by atoms with Crippen molar-refractivity contribution in [3.8, 4) is 0 Å². The van der Waals surface area contributed by atoms with Crippen molar-refractivity contribution in [3.63, 3.8) is 0 Å². The van der Waals surface area contributed by atoms with Crippen LogP contribution in [0.1, 0.15) is 24.8 Å². The number of fused-ring (bicyclic) bond motifs is 3. The first-order valence-corrected chi connectivity index (χ1v) is 10.8. The molecule has 2 bridgehead atoms. The topological polar surface area (TPSA) is 60.9 Å². The van der Waals surface area contributed by atoms with Crippen LogP contribution in [-0.4, -0.2) is 53.0 Å². The first kappa shape index (κ1) is 18.6. The monoisotopic (exact) mass is 392 g/mol. The number of hydrogen-bond donors (Lipinski definition) is 1. The third kappa shape index (κ3) is 3.31. The van der Waals surface area contributed by atoms with Crippen molar-refractivity contribution in [1.29, 1.82) is 0 Å². The molecule has 1 N–H and O–H groups in total. The van der Waals surface area contributed by atoms with Crippen LogP contribution in [0.2, 0.25) is 0 Å². The minimum atomic E-state index is -0.773. The molecular formula is C24H28N2O3. The summed E-state index contributed by atoms with van der Waals surface area (Å²) in [6.45, 7) is 3.96. The van der Waals surface area contributed by atoms with Gasteiger partial charge in [-0.15, -0.1) is 0 Å². The highest BCUT2D eigenvalue weighted by molar-refractivity contribution is 5.87. The first-order chi connectivity index (χ1) is 14.1. The molecule has 1 aliphatic heterocycles. The number of nitrogens with zero attached hydrogens (tertiary/aromatic N) is 2. The van der Waals surface area contributed by atoms with Gasteiger partial charge in [0.05, 0.1) is 11.8 Å². The molecule has 152 valence electrons. The van der Waals surface area contributed by atoms with Gasteiger partial charge in [-0.3, -0.25) is 14.5 Å². The Morgan fingerprint density at radius 3 is 2.34 bits per heavy atom. The molecule has 2 aromatic carbocycles. The molecule has 5 heteroatoms. The van der Waals surface area contributed by atoms with Crippen LogP contribution in [0, 0.1) is 23.7 Å². The third-order valence-corrected chi connectivity index (χ3v) is 7.44. The van der Waals surface area contributed by atoms with Gasteiger partial charge in [0.25, 0.3) is 0 Å². The lowest BCUT2D eigenvalue weighted by atomic mass is 9.78. The average molecular weight is 392 g/mol. The molecule has 1 amide bonds. The summed E-state index contributed by atoms with van der Waals surface area (Å²) in [5.41, 5.74) is 1.32. The van der Waals surface area contributed by atoms with Crippen molar-refractivity contribution >= 4 is 22.6 Å². The molecule has 0 aromatic heterocycles. The summed E-state index contributed by atoms with van der Waals surface area (Å²) in [6, 6.07) is 14.9. The van der Waals surface area contributed by atoms with Gasteiger partial charge in [0.2, 0.25) is 5.91 Å². The maximum absolute atomic E-state index is 13.2. The van der Waals surface area contributed by atoms with Crippen LogP contribution in [0.3, 0.4) is 0 Å². The Labute approximate surface area is 171 Å². The summed E-state index contributed by atoms with van der Waals surface area (Å²) < 4.78 is 0. The molecule has 2 aliphatic carbocycles. The third-order valence-electron chi connectivity index (χ3n) is 7.44. The molecule has 1 saturated heterocycles. The zero-order valence-electron chi connectivity index (χ0n) is 16.7. The molecular weight excluding hydrogens is 364 g/mol. The molecule has 5 nitrogen and oxygen atoms in total. The molecule has 3 fully saturated rings. The minimum absolute atomic E-state index is 0.0920. The van der Waals surface area contributed by atoms with Crippen molar-refractivity contribution < 1.29 is 14.7 Å². The van der Waals surface area contributed by atoms with Gasteiger partial charge in [0.1, 0.15) is 0 Å². The zero-order valence-corrected chi connectivity index (χ0v) is 16.7. The summed E-state index contributed by atoms with van der Waals surface area (Å²) in [5, 5.41) is 12.2. The minimum Gasteiger partial charge on any atom is -0.481 e. The number of piperazine rings is 1. The number of carbonyl (C=O) groups excluding carboxylic acids is 1. The lowest BCUT2D eigenvalue weighted by Crippen LogP contribution is -2.52. The number of rotatable bonds is 4. The molecule has 3 aliphatic rings. The molecule has 0 unspecified atom stereocenters. The van der Waals surface area contributed by atoms with Gasteiger partial charge in [0.15, 0.2) is 0 Å². The predicted octanol–water partition coefficient (Wildman–Crippen LogP) is 3.23. The van der Waals surface area contributed by atoms with E-state index in [-0.39, 0.29) is 23.7 Å². The molecule has 2 saturated carbocycles. The number of carboxylic acids is 1. The number of benzene rings is 2. The lowest BCUT2D eigenvalue weighted by Gasteiger charge is -2.38. The Kier molecular flexibility index (Phi) is 4.78. The van der Waals surface area contributed by atoms with Gasteiger partial charge >= 0.3 is 5.97 Å². The average Bonchev–Trinajstić information content (AvgIpc) is 3.36. The second-order valence-electron chi connectivity index (χ2n) is 8.96. The Balaban J connectivity index is 1.24. The fourth-order valence-corrected chi connectivity index (χ4v) is 6.01. The number of carboxylic acid groups (broad SMARTS) is 1. The van der Waals surface area contributed by atoms with Crippen molar-refractivity contribution in [1.82, 2.24) is 9.80 Å². The van der Waals surface area contributed by atoms with Crippen LogP contribution in [-0.2, 0) is 16.1 Å². The van der Waals surface area contributed by atoms with Gasteiger partial charge in [-0.1, -0.05) is 42.5 Å². The number of amides is 1. The van der Waals surface area contributed by atoms with Gasteiger partial charge in [-0.25, -0.2) is 0 Å². The van der Waals surface area contributed by atoms with Gasteiger partial charge < -0.3 is 10.0 Å². The zero-order chi connectivity index (χ0) is 20.0. The van der Waals surface area contributed by atoms with Crippen molar-refractivity contribution in [2.75, 3.05) is 26.2 Å². The molecule has 4 atom stereocenters. The molecule has 2 aromatic rings.